The highest BCUT2D eigenvalue weighted by atomic mass is 32.2. The van der Waals surface area contributed by atoms with Crippen LogP contribution in [-0.2, 0) is 40.1 Å². The molecule has 3 fully saturated rings. The first-order valence-electron chi connectivity index (χ1n) is 21.0. The Morgan fingerprint density at radius 2 is 1.77 bits per heavy atom. The predicted molar refractivity (Wildman–Crippen MR) is 219 cm³/mol. The Morgan fingerprint density at radius 3 is 2.42 bits per heavy atom. The highest BCUT2D eigenvalue weighted by molar-refractivity contribution is 7.91. The van der Waals surface area contributed by atoms with Gasteiger partial charge in [0.25, 0.3) is 5.91 Å². The molecule has 1 saturated heterocycles. The topological polar surface area (TPSA) is 204 Å². The Hall–Kier alpha value is -4.72. The number of allylic oxidation sites excluding steroid dienone is 1. The van der Waals surface area contributed by atoms with E-state index in [0.29, 0.717) is 44.5 Å². The fraction of sp³-hybridized carbons (Fsp3) is 0.667. The average Bonchev–Trinajstić information content (AvgIpc) is 4.05. The number of carbonyl (C=O) groups excluding carboxylic acids is 4. The van der Waals surface area contributed by atoms with Crippen LogP contribution in [0.3, 0.4) is 0 Å². The van der Waals surface area contributed by atoms with Gasteiger partial charge in [-0.15, -0.1) is 0 Å². The van der Waals surface area contributed by atoms with E-state index in [1.54, 1.807) is 33.8 Å². The largest absolute Gasteiger partial charge is 0.494 e. The average molecular weight is 895 g/mol. The van der Waals surface area contributed by atoms with Gasteiger partial charge in [-0.2, -0.15) is 13.2 Å². The molecule has 2 aliphatic heterocycles. The number of hydrogen-bond acceptors (Lipinski definition) is 12. The first kappa shape index (κ1) is 46.8. The van der Waals surface area contributed by atoms with Gasteiger partial charge in [-0.05, 0) is 97.6 Å². The van der Waals surface area contributed by atoms with Crippen LogP contribution in [0.1, 0.15) is 92.2 Å². The van der Waals surface area contributed by atoms with Crippen LogP contribution in [0.5, 0.6) is 11.6 Å². The number of nitrogens with zero attached hydrogens (tertiary/aromatic N) is 3. The number of methoxy groups -OCH3 is 1. The molecule has 342 valence electrons. The van der Waals surface area contributed by atoms with Crippen molar-refractivity contribution in [2.24, 2.45) is 23.7 Å². The van der Waals surface area contributed by atoms with Gasteiger partial charge in [-0.25, -0.2) is 23.2 Å². The van der Waals surface area contributed by atoms with Gasteiger partial charge in [0.05, 0.1) is 35.6 Å². The number of alkyl halides is 3. The lowest BCUT2D eigenvalue weighted by Crippen LogP contribution is -2.60. The van der Waals surface area contributed by atoms with E-state index < -0.39 is 104 Å². The quantitative estimate of drug-likeness (QED) is 0.254. The standard InChI is InChI=1S/C42H57F3N6O10S/c1-8-59-28-13-14-29-30(19-28)47-35(33(46-29)42(43,44)45)60-22-25-18-31-34(52)49-41(37(54)50-62(56,57)40(6)15-16-40)20-27(41)12-10-9-11-24(2)17-26(23-58-7)32(36(53)51(31)21-25)48-38(55)61-39(3,4)5/h10,12-14,19,24-27,31-32H,8-9,11,15-18,20-23H2,1-7H3,(H,48,55)(H,49,52)(H,50,54). The second kappa shape index (κ2) is 17.8. The van der Waals surface area contributed by atoms with Crippen molar-refractivity contribution >= 4 is 44.9 Å². The maximum Gasteiger partial charge on any atom is 0.438 e. The summed E-state index contributed by atoms with van der Waals surface area (Å²) in [4.78, 5) is 66.1. The molecular formula is C42H57F3N6O10S. The summed E-state index contributed by atoms with van der Waals surface area (Å²) in [5.74, 6) is -4.83. The number of carbonyl (C=O) groups is 4. The summed E-state index contributed by atoms with van der Waals surface area (Å²) in [5.41, 5.74) is -3.94. The Morgan fingerprint density at radius 1 is 1.05 bits per heavy atom. The molecule has 2 aliphatic carbocycles. The van der Waals surface area contributed by atoms with Crippen molar-refractivity contribution in [2.45, 2.75) is 121 Å². The van der Waals surface area contributed by atoms with Gasteiger partial charge in [0.15, 0.2) is 0 Å². The second-order valence-corrected chi connectivity index (χ2v) is 20.4. The zero-order valence-corrected chi connectivity index (χ0v) is 36.9. The molecule has 20 heteroatoms. The van der Waals surface area contributed by atoms with E-state index in [9.17, 15) is 40.8 Å². The third-order valence-corrected chi connectivity index (χ3v) is 14.1. The number of benzene rings is 1. The molecule has 7 unspecified atom stereocenters. The SMILES string of the molecule is CCOc1ccc2nc(C(F)(F)F)c(OCC3CC4C(=O)NC5(C(=O)NS(=O)(=O)C6(C)CC6)CC5C=CCCC(C)CC(COC)C(NC(=O)OC(C)(C)C)C(=O)N4C3)nc2c1. The van der Waals surface area contributed by atoms with Crippen LogP contribution < -0.4 is 24.8 Å². The van der Waals surface area contributed by atoms with E-state index >= 15 is 0 Å². The molecule has 0 spiro atoms. The van der Waals surface area contributed by atoms with E-state index in [0.717, 1.165) is 0 Å². The number of nitrogens with one attached hydrogen (secondary N) is 3. The second-order valence-electron chi connectivity index (χ2n) is 18.2. The molecule has 16 nitrogen and oxygen atoms in total. The van der Waals surface area contributed by atoms with Gasteiger partial charge in [-0.1, -0.05) is 19.1 Å². The minimum Gasteiger partial charge on any atom is -0.494 e. The molecule has 1 aromatic carbocycles. The van der Waals surface area contributed by atoms with Crippen LogP contribution in [0.25, 0.3) is 11.0 Å². The van der Waals surface area contributed by atoms with E-state index in [1.165, 1.54) is 37.1 Å². The molecule has 7 atom stereocenters. The number of fused-ring (bicyclic) bond motifs is 3. The molecule has 1 aromatic heterocycles. The highest BCUT2D eigenvalue weighted by Gasteiger charge is 2.63. The van der Waals surface area contributed by atoms with Gasteiger partial charge in [0.1, 0.15) is 29.0 Å². The molecular weight excluding hydrogens is 838 g/mol. The molecule has 2 aromatic rings. The van der Waals surface area contributed by atoms with Crippen molar-refractivity contribution < 1.29 is 59.7 Å². The Bertz CT molecular complexity index is 2180. The molecule has 62 heavy (non-hydrogen) atoms. The predicted octanol–water partition coefficient (Wildman–Crippen LogP) is 5.05. The van der Waals surface area contributed by atoms with Crippen LogP contribution in [0.4, 0.5) is 18.0 Å². The lowest BCUT2D eigenvalue weighted by Gasteiger charge is -2.34. The molecule has 4 aliphatic rings. The van der Waals surface area contributed by atoms with Gasteiger partial charge in [0, 0.05) is 37.5 Å². The molecule has 2 saturated carbocycles. The Kier molecular flexibility index (Phi) is 13.4. The summed E-state index contributed by atoms with van der Waals surface area (Å²) in [5, 5.41) is 5.52. The molecule has 0 radical (unpaired) electrons. The first-order valence-corrected chi connectivity index (χ1v) is 22.5. The Labute approximate surface area is 359 Å². The first-order chi connectivity index (χ1) is 29.0. The molecule has 6 rings (SSSR count). The maximum absolute atomic E-state index is 15.0. The number of halogens is 3. The van der Waals surface area contributed by atoms with Crippen LogP contribution >= 0.6 is 0 Å². The van der Waals surface area contributed by atoms with Crippen molar-refractivity contribution in [1.82, 2.24) is 30.2 Å². The van der Waals surface area contributed by atoms with Gasteiger partial charge in [-0.3, -0.25) is 19.1 Å². The number of ether oxygens (including phenoxy) is 4. The molecule has 3 N–H and O–H groups in total. The third kappa shape index (κ3) is 10.5. The van der Waals surface area contributed by atoms with Crippen molar-refractivity contribution in [3.05, 3.63) is 36.0 Å². The monoisotopic (exact) mass is 894 g/mol. The summed E-state index contributed by atoms with van der Waals surface area (Å²) < 4.78 is 93.1. The third-order valence-electron chi connectivity index (χ3n) is 11.9. The van der Waals surface area contributed by atoms with E-state index in [4.69, 9.17) is 18.9 Å². The zero-order chi connectivity index (χ0) is 45.4. The summed E-state index contributed by atoms with van der Waals surface area (Å²) >= 11 is 0. The lowest BCUT2D eigenvalue weighted by molar-refractivity contribution is -0.142. The Balaban J connectivity index is 1.36. The molecule has 4 amide bonds. The minimum absolute atomic E-state index is 0.0110. The van der Waals surface area contributed by atoms with E-state index in [1.807, 2.05) is 13.0 Å². The van der Waals surface area contributed by atoms with Crippen molar-refractivity contribution in [3.63, 3.8) is 0 Å². The van der Waals surface area contributed by atoms with E-state index in [-0.39, 0.29) is 42.9 Å². The lowest BCUT2D eigenvalue weighted by atomic mass is 9.87. The smallest absolute Gasteiger partial charge is 0.438 e. The fourth-order valence-electron chi connectivity index (χ4n) is 8.14. The highest BCUT2D eigenvalue weighted by Crippen LogP contribution is 2.48. The van der Waals surface area contributed by atoms with Crippen LogP contribution in [0, 0.1) is 23.7 Å². The normalized spacial score (nSPS) is 27.8. The number of sulfonamides is 1. The van der Waals surface area contributed by atoms with Crippen molar-refractivity contribution in [2.75, 3.05) is 33.5 Å². The van der Waals surface area contributed by atoms with Crippen LogP contribution in [-0.4, -0.2) is 109 Å². The number of alkyl carbamates (subject to hydrolysis) is 1. The summed E-state index contributed by atoms with van der Waals surface area (Å²) in [6.45, 7) is 9.92. The van der Waals surface area contributed by atoms with Gasteiger partial charge in [0.2, 0.25) is 33.4 Å². The number of aromatic nitrogens is 2. The maximum atomic E-state index is 15.0. The number of amides is 4. The summed E-state index contributed by atoms with van der Waals surface area (Å²) in [7, 11) is -2.64. The van der Waals surface area contributed by atoms with Crippen molar-refractivity contribution in [1.29, 1.82) is 0 Å². The van der Waals surface area contributed by atoms with Crippen molar-refractivity contribution in [3.8, 4) is 11.6 Å². The molecule has 0 bridgehead atoms. The van der Waals surface area contributed by atoms with E-state index in [2.05, 4.69) is 25.3 Å². The van der Waals surface area contributed by atoms with Gasteiger partial charge < -0.3 is 34.5 Å². The van der Waals surface area contributed by atoms with Crippen LogP contribution in [0.2, 0.25) is 0 Å². The molecule has 3 heterocycles. The number of hydrogen-bond donors (Lipinski definition) is 3. The zero-order valence-electron chi connectivity index (χ0n) is 36.1. The summed E-state index contributed by atoms with van der Waals surface area (Å²) in [6.07, 6.45) is 0.100. The summed E-state index contributed by atoms with van der Waals surface area (Å²) in [6, 6.07) is 1.64. The minimum atomic E-state index is -4.96. The van der Waals surface area contributed by atoms with Crippen LogP contribution in [0.15, 0.2) is 30.4 Å². The fourth-order valence-corrected chi connectivity index (χ4v) is 9.46. The van der Waals surface area contributed by atoms with Gasteiger partial charge >= 0.3 is 12.3 Å². The number of rotatable bonds is 11.